The summed E-state index contributed by atoms with van der Waals surface area (Å²) in [5.41, 5.74) is -0.402. The number of anilines is 2. The van der Waals surface area contributed by atoms with Gasteiger partial charge in [0.15, 0.2) is 6.10 Å². The number of carbonyl (C=O) groups excluding carboxylic acids is 1. The maximum absolute atomic E-state index is 13.9. The van der Waals surface area contributed by atoms with Crippen LogP contribution >= 0.6 is 11.6 Å². The number of ether oxygens (including phenoxy) is 1. The van der Waals surface area contributed by atoms with E-state index in [1.807, 2.05) is 0 Å². The Morgan fingerprint density at radius 1 is 1.00 bits per heavy atom. The number of rotatable bonds is 4. The van der Waals surface area contributed by atoms with Crippen LogP contribution in [0.2, 0.25) is 5.02 Å². The van der Waals surface area contributed by atoms with Crippen LogP contribution in [0.25, 0.3) is 0 Å². The molecule has 1 atom stereocenters. The molecule has 0 saturated heterocycles. The summed E-state index contributed by atoms with van der Waals surface area (Å²) in [6, 6.07) is 15.0. The fourth-order valence-corrected chi connectivity index (χ4v) is 4.72. The van der Waals surface area contributed by atoms with E-state index >= 15 is 0 Å². The largest absolute Gasteiger partial charge is 0.476 e. The molecule has 10 heteroatoms. The molecule has 0 fully saturated rings. The molecule has 1 heterocycles. The Morgan fingerprint density at radius 3 is 2.32 bits per heavy atom. The Hall–Kier alpha value is -3.17. The van der Waals surface area contributed by atoms with Crippen LogP contribution in [-0.2, 0) is 14.8 Å². The van der Waals surface area contributed by atoms with Crippen molar-refractivity contribution in [1.82, 2.24) is 0 Å². The zero-order valence-corrected chi connectivity index (χ0v) is 17.3. The molecule has 1 aliphatic heterocycles. The second-order valence-electron chi connectivity index (χ2n) is 6.65. The third-order valence-electron chi connectivity index (χ3n) is 4.64. The van der Waals surface area contributed by atoms with Gasteiger partial charge in [-0.25, -0.2) is 17.2 Å². The van der Waals surface area contributed by atoms with E-state index in [1.165, 1.54) is 36.4 Å². The molecule has 0 aliphatic carbocycles. The van der Waals surface area contributed by atoms with Gasteiger partial charge in [0, 0.05) is 5.02 Å². The van der Waals surface area contributed by atoms with Gasteiger partial charge in [-0.15, -0.1) is 0 Å². The van der Waals surface area contributed by atoms with E-state index in [0.717, 1.165) is 22.5 Å². The number of benzene rings is 3. The second kappa shape index (κ2) is 8.16. The average Bonchev–Trinajstić information content (AvgIpc) is 2.75. The van der Waals surface area contributed by atoms with E-state index in [4.69, 9.17) is 16.3 Å². The quantitative estimate of drug-likeness (QED) is 0.627. The zero-order valence-electron chi connectivity index (χ0n) is 15.8. The summed E-state index contributed by atoms with van der Waals surface area (Å²) in [7, 11) is -4.08. The molecule has 3 aromatic carbocycles. The van der Waals surface area contributed by atoms with Crippen molar-refractivity contribution in [2.75, 3.05) is 16.2 Å². The Balaban J connectivity index is 1.69. The molecule has 0 saturated carbocycles. The lowest BCUT2D eigenvalue weighted by Crippen LogP contribution is -2.49. The highest BCUT2D eigenvalue weighted by molar-refractivity contribution is 7.92. The lowest BCUT2D eigenvalue weighted by molar-refractivity contribution is -0.122. The first-order chi connectivity index (χ1) is 14.8. The lowest BCUT2D eigenvalue weighted by Gasteiger charge is -2.34. The SMILES string of the molecule is O=C(Nc1c(F)cccc1F)[C@H]1CN(S(=O)(=O)c2ccc(Cl)cc2)c2ccccc2O1. The number of amides is 1. The van der Waals surface area contributed by atoms with E-state index in [0.29, 0.717) is 5.02 Å². The minimum atomic E-state index is -4.08. The van der Waals surface area contributed by atoms with Crippen molar-refractivity contribution in [2.45, 2.75) is 11.0 Å². The highest BCUT2D eigenvalue weighted by atomic mass is 35.5. The van der Waals surface area contributed by atoms with Crippen molar-refractivity contribution in [3.05, 3.63) is 83.4 Å². The number of hydrogen-bond acceptors (Lipinski definition) is 4. The topological polar surface area (TPSA) is 75.7 Å². The Bertz CT molecular complexity index is 1230. The number of para-hydroxylation sites is 3. The number of nitrogens with one attached hydrogen (secondary N) is 1. The summed E-state index contributed by atoms with van der Waals surface area (Å²) >= 11 is 5.85. The first-order valence-electron chi connectivity index (χ1n) is 9.06. The van der Waals surface area contributed by atoms with E-state index in [-0.39, 0.29) is 16.3 Å². The average molecular weight is 465 g/mol. The molecule has 6 nitrogen and oxygen atoms in total. The van der Waals surface area contributed by atoms with Crippen molar-refractivity contribution in [2.24, 2.45) is 0 Å². The van der Waals surface area contributed by atoms with Crippen molar-refractivity contribution in [3.63, 3.8) is 0 Å². The number of hydrogen-bond donors (Lipinski definition) is 1. The van der Waals surface area contributed by atoms with Gasteiger partial charge in [0.2, 0.25) is 0 Å². The van der Waals surface area contributed by atoms with Crippen LogP contribution in [-0.4, -0.2) is 27.0 Å². The number of carbonyl (C=O) groups is 1. The fraction of sp³-hybridized carbons (Fsp3) is 0.0952. The van der Waals surface area contributed by atoms with Crippen LogP contribution in [0, 0.1) is 11.6 Å². The van der Waals surface area contributed by atoms with Gasteiger partial charge in [-0.05, 0) is 48.5 Å². The number of nitrogens with zero attached hydrogens (tertiary/aromatic N) is 1. The molecule has 0 spiro atoms. The molecule has 0 bridgehead atoms. The van der Waals surface area contributed by atoms with Gasteiger partial charge in [0.25, 0.3) is 15.9 Å². The van der Waals surface area contributed by atoms with Crippen molar-refractivity contribution < 1.29 is 26.7 Å². The summed E-state index contributed by atoms with van der Waals surface area (Å²) in [5, 5.41) is 2.51. The van der Waals surface area contributed by atoms with Gasteiger partial charge in [-0.3, -0.25) is 9.10 Å². The summed E-state index contributed by atoms with van der Waals surface area (Å²) in [5.74, 6) is -2.68. The fourth-order valence-electron chi connectivity index (χ4n) is 3.12. The summed E-state index contributed by atoms with van der Waals surface area (Å²) < 4.78 is 61.1. The maximum atomic E-state index is 13.9. The predicted molar refractivity (Wildman–Crippen MR) is 112 cm³/mol. The Kier molecular flexibility index (Phi) is 5.55. The second-order valence-corrected chi connectivity index (χ2v) is 8.95. The van der Waals surface area contributed by atoms with Gasteiger partial charge in [-0.2, -0.15) is 0 Å². The van der Waals surface area contributed by atoms with Crippen LogP contribution in [0.1, 0.15) is 0 Å². The van der Waals surface area contributed by atoms with Gasteiger partial charge in [-0.1, -0.05) is 29.8 Å². The summed E-state index contributed by atoms with van der Waals surface area (Å²) in [6.07, 6.45) is -1.35. The normalized spacial score (nSPS) is 15.7. The number of sulfonamides is 1. The van der Waals surface area contributed by atoms with E-state index in [9.17, 15) is 22.0 Å². The van der Waals surface area contributed by atoms with Gasteiger partial charge in [0.1, 0.15) is 23.1 Å². The van der Waals surface area contributed by atoms with E-state index in [2.05, 4.69) is 5.32 Å². The maximum Gasteiger partial charge on any atom is 0.267 e. The number of fused-ring (bicyclic) bond motifs is 1. The van der Waals surface area contributed by atoms with Crippen molar-refractivity contribution >= 4 is 38.9 Å². The molecule has 0 aromatic heterocycles. The third kappa shape index (κ3) is 4.06. The molecular formula is C21H15ClF2N2O4S. The molecule has 1 amide bonds. The Labute approximate surface area is 182 Å². The van der Waals surface area contributed by atoms with Crippen LogP contribution < -0.4 is 14.4 Å². The molecule has 4 rings (SSSR count). The van der Waals surface area contributed by atoms with E-state index in [1.54, 1.807) is 12.1 Å². The lowest BCUT2D eigenvalue weighted by atomic mass is 10.2. The monoisotopic (exact) mass is 464 g/mol. The standard InChI is InChI=1S/C21H15ClF2N2O4S/c22-13-8-10-14(11-9-13)31(28,29)26-12-19(30-18-7-2-1-6-17(18)26)21(27)25-20-15(23)4-3-5-16(20)24/h1-11,19H,12H2,(H,25,27)/t19-/m1/s1. The van der Waals surface area contributed by atoms with Crippen LogP contribution in [0.5, 0.6) is 5.75 Å². The number of halogens is 3. The summed E-state index contributed by atoms with van der Waals surface area (Å²) in [6.45, 7) is -0.399. The minimum Gasteiger partial charge on any atom is -0.476 e. The smallest absolute Gasteiger partial charge is 0.267 e. The third-order valence-corrected chi connectivity index (χ3v) is 6.69. The molecule has 160 valence electrons. The molecule has 0 radical (unpaired) electrons. The molecule has 1 N–H and O–H groups in total. The Morgan fingerprint density at radius 2 is 1.65 bits per heavy atom. The highest BCUT2D eigenvalue weighted by Crippen LogP contribution is 2.37. The first-order valence-corrected chi connectivity index (χ1v) is 10.9. The minimum absolute atomic E-state index is 0.0343. The van der Waals surface area contributed by atoms with Crippen LogP contribution in [0.15, 0.2) is 71.6 Å². The van der Waals surface area contributed by atoms with E-state index < -0.39 is 45.9 Å². The summed E-state index contributed by atoms with van der Waals surface area (Å²) in [4.78, 5) is 12.7. The first kappa shape index (κ1) is 21.1. The predicted octanol–water partition coefficient (Wildman–Crippen LogP) is 4.21. The van der Waals surface area contributed by atoms with Crippen LogP contribution in [0.3, 0.4) is 0 Å². The van der Waals surface area contributed by atoms with Gasteiger partial charge >= 0.3 is 0 Å². The molecule has 3 aromatic rings. The molecular weight excluding hydrogens is 450 g/mol. The van der Waals surface area contributed by atoms with Crippen LogP contribution in [0.4, 0.5) is 20.2 Å². The zero-order chi connectivity index (χ0) is 22.2. The highest BCUT2D eigenvalue weighted by Gasteiger charge is 2.37. The van der Waals surface area contributed by atoms with Crippen molar-refractivity contribution in [3.8, 4) is 5.75 Å². The van der Waals surface area contributed by atoms with Crippen molar-refractivity contribution in [1.29, 1.82) is 0 Å². The molecule has 1 aliphatic rings. The van der Waals surface area contributed by atoms with Gasteiger partial charge in [0.05, 0.1) is 17.1 Å². The molecule has 0 unspecified atom stereocenters. The molecule has 31 heavy (non-hydrogen) atoms. The van der Waals surface area contributed by atoms with Gasteiger partial charge < -0.3 is 10.1 Å².